The molecule has 8 N–H and O–H groups in total. The number of urea groups is 1. The van der Waals surface area contributed by atoms with E-state index >= 15 is 0 Å². The van der Waals surface area contributed by atoms with Crippen molar-refractivity contribution in [1.82, 2.24) is 31.9 Å². The zero-order valence-electron chi connectivity index (χ0n) is 44.0. The fourth-order valence-electron chi connectivity index (χ4n) is 6.93. The Balaban J connectivity index is 5.17. The molecule has 0 aromatic rings. The summed E-state index contributed by atoms with van der Waals surface area (Å²) in [6.45, 7) is 30.7. The Morgan fingerprint density at radius 1 is 0.485 bits per heavy atom. The van der Waals surface area contributed by atoms with Crippen LogP contribution in [-0.4, -0.2) is 96.6 Å². The normalized spacial score (nSPS) is 14.2. The molecule has 0 heterocycles. The van der Waals surface area contributed by atoms with E-state index in [9.17, 15) is 33.6 Å². The zero-order valence-corrected chi connectivity index (χ0v) is 44.0. The number of esters is 1. The van der Waals surface area contributed by atoms with Crippen LogP contribution >= 0.6 is 0 Å². The number of alkyl carbamates (subject to hydrolysis) is 1. The molecule has 3 unspecified atom stereocenters. The summed E-state index contributed by atoms with van der Waals surface area (Å²) in [5, 5.41) is 17.6. The maximum absolute atomic E-state index is 13.7. The molecule has 0 spiro atoms. The van der Waals surface area contributed by atoms with Gasteiger partial charge in [-0.1, -0.05) is 81.6 Å². The Morgan fingerprint density at radius 3 is 1.53 bits per heavy atom. The molecule has 16 nitrogen and oxygen atoms in total. The highest BCUT2D eigenvalue weighted by molar-refractivity contribution is 6.36. The lowest BCUT2D eigenvalue weighted by molar-refractivity contribution is -0.163. The largest absolute Gasteiger partial charge is 0.454 e. The molecular formula is C50H95N7O9. The number of unbranched alkanes of at least 4 members (excludes halogenated alkanes) is 6. The van der Waals surface area contributed by atoms with Crippen molar-refractivity contribution in [2.75, 3.05) is 19.6 Å². The molecule has 0 aliphatic carbocycles. The quantitative estimate of drug-likeness (QED) is 0.0218. The SMILES string of the molecule is CC(C)(C)CCC(NC(=O)NC(CCC(=O)NCCCCCCCC(=O)NC(CCCCNC(=O)OC(C)(C)C)C(=O)N[C@@H](CCCCN)C(=O)C(=O)OC(C)(C)C)C(C)(C)C)C(C)(C)C. The number of amides is 6. The first-order valence-electron chi connectivity index (χ1n) is 24.6. The van der Waals surface area contributed by atoms with Gasteiger partial charge in [0.1, 0.15) is 17.2 Å². The summed E-state index contributed by atoms with van der Waals surface area (Å²) in [4.78, 5) is 90.8. The molecular weight excluding hydrogens is 843 g/mol. The van der Waals surface area contributed by atoms with Gasteiger partial charge in [0.2, 0.25) is 17.7 Å². The molecule has 4 atom stereocenters. The minimum Gasteiger partial charge on any atom is -0.454 e. The summed E-state index contributed by atoms with van der Waals surface area (Å²) in [7, 11) is 0. The van der Waals surface area contributed by atoms with Gasteiger partial charge in [-0.15, -0.1) is 0 Å². The third-order valence-corrected chi connectivity index (χ3v) is 10.9. The average molecular weight is 938 g/mol. The lowest BCUT2D eigenvalue weighted by Crippen LogP contribution is -2.53. The van der Waals surface area contributed by atoms with Crippen LogP contribution in [0.1, 0.15) is 207 Å². The van der Waals surface area contributed by atoms with Gasteiger partial charge >= 0.3 is 18.1 Å². The number of carbonyl (C=O) groups excluding carboxylic acids is 7. The lowest BCUT2D eigenvalue weighted by atomic mass is 9.79. The molecule has 0 bridgehead atoms. The van der Waals surface area contributed by atoms with E-state index in [1.807, 2.05) is 0 Å². The van der Waals surface area contributed by atoms with E-state index in [1.165, 1.54) is 0 Å². The first kappa shape index (κ1) is 62.1. The van der Waals surface area contributed by atoms with E-state index in [0.29, 0.717) is 64.6 Å². The summed E-state index contributed by atoms with van der Waals surface area (Å²) >= 11 is 0. The van der Waals surface area contributed by atoms with Gasteiger partial charge < -0.3 is 47.1 Å². The highest BCUT2D eigenvalue weighted by Gasteiger charge is 2.34. The standard InChI is InChI=1S/C50H95N7O9/c1-46(2,3)31-30-38(48(7,8)9)57-44(63)56-37(47(4,5)6)28-29-39(58)52-33-23-18-16-17-19-27-40(59)54-36(26-21-24-34-53-45(64)66-50(13,14)15)42(61)55-35(25-20-22-32-51)41(60)43(62)65-49(10,11)12/h35-38H,16-34,51H2,1-15H3,(H,52,58)(H,53,64)(H,54,59)(H,55,61)(H2,56,57,63)/t35-,36?,37?,38?/m0/s1. The summed E-state index contributed by atoms with van der Waals surface area (Å²) in [6, 6.07) is -2.53. The van der Waals surface area contributed by atoms with Crippen molar-refractivity contribution in [3.05, 3.63) is 0 Å². The minimum absolute atomic E-state index is 0.0101. The summed E-state index contributed by atoms with van der Waals surface area (Å²) in [5.74, 6) is -2.89. The summed E-state index contributed by atoms with van der Waals surface area (Å²) in [6.07, 6.45) is 8.61. The first-order chi connectivity index (χ1) is 30.2. The van der Waals surface area contributed by atoms with Crippen molar-refractivity contribution in [1.29, 1.82) is 0 Å². The van der Waals surface area contributed by atoms with Gasteiger partial charge in [-0.3, -0.25) is 19.2 Å². The van der Waals surface area contributed by atoms with Crippen LogP contribution in [-0.2, 0) is 33.4 Å². The maximum Gasteiger partial charge on any atom is 0.407 e. The van der Waals surface area contributed by atoms with Crippen LogP contribution in [0.15, 0.2) is 0 Å². The van der Waals surface area contributed by atoms with Crippen LogP contribution in [0.25, 0.3) is 0 Å². The molecule has 0 saturated heterocycles. The average Bonchev–Trinajstić information content (AvgIpc) is 3.15. The van der Waals surface area contributed by atoms with E-state index in [-0.39, 0.29) is 65.4 Å². The molecule has 66 heavy (non-hydrogen) atoms. The predicted molar refractivity (Wildman–Crippen MR) is 262 cm³/mol. The predicted octanol–water partition coefficient (Wildman–Crippen LogP) is 7.88. The van der Waals surface area contributed by atoms with Gasteiger partial charge in [0.15, 0.2) is 0 Å². The molecule has 0 aliphatic rings. The molecule has 0 aromatic heterocycles. The second-order valence-corrected chi connectivity index (χ2v) is 23.2. The lowest BCUT2D eigenvalue weighted by Gasteiger charge is -2.36. The fraction of sp³-hybridized carbons (Fsp3) is 0.860. The van der Waals surface area contributed by atoms with Gasteiger partial charge in [0.05, 0.1) is 6.04 Å². The van der Waals surface area contributed by atoms with E-state index in [1.54, 1.807) is 41.5 Å². The van der Waals surface area contributed by atoms with Gasteiger partial charge in [0.25, 0.3) is 5.78 Å². The molecule has 0 aromatic carbocycles. The highest BCUT2D eigenvalue weighted by atomic mass is 16.6. The number of carbonyl (C=O) groups is 7. The number of nitrogens with one attached hydrogen (secondary N) is 6. The van der Waals surface area contributed by atoms with Gasteiger partial charge in [-0.05, 0) is 135 Å². The van der Waals surface area contributed by atoms with E-state index in [4.69, 9.17) is 15.2 Å². The third kappa shape index (κ3) is 31.9. The number of ketones is 1. The molecule has 0 radical (unpaired) electrons. The maximum atomic E-state index is 13.7. The first-order valence-corrected chi connectivity index (χ1v) is 24.6. The van der Waals surface area contributed by atoms with Gasteiger partial charge in [0, 0.05) is 38.0 Å². The van der Waals surface area contributed by atoms with Crippen LogP contribution in [0.5, 0.6) is 0 Å². The molecule has 384 valence electrons. The van der Waals surface area contributed by atoms with E-state index in [0.717, 1.165) is 38.5 Å². The summed E-state index contributed by atoms with van der Waals surface area (Å²) < 4.78 is 10.6. The number of hydrogen-bond donors (Lipinski definition) is 7. The number of rotatable bonds is 29. The smallest absolute Gasteiger partial charge is 0.407 e. The molecule has 0 fully saturated rings. The molecule has 0 aliphatic heterocycles. The molecule has 6 amide bonds. The Labute approximate surface area is 399 Å². The molecule has 16 heteroatoms. The second kappa shape index (κ2) is 29.7. The Hall–Kier alpha value is -3.95. The second-order valence-electron chi connectivity index (χ2n) is 23.2. The van der Waals surface area contributed by atoms with Crippen molar-refractivity contribution in [2.45, 2.75) is 242 Å². The third-order valence-electron chi connectivity index (χ3n) is 10.9. The topological polar surface area (TPSA) is 236 Å². The van der Waals surface area contributed by atoms with E-state index in [2.05, 4.69) is 94.2 Å². The van der Waals surface area contributed by atoms with Crippen LogP contribution < -0.4 is 37.6 Å². The minimum atomic E-state index is -1.15. The van der Waals surface area contributed by atoms with Crippen molar-refractivity contribution >= 4 is 41.6 Å². The number of Topliss-reactive ketones (excluding diaryl/α,β-unsaturated/α-hetero) is 1. The van der Waals surface area contributed by atoms with Crippen molar-refractivity contribution in [3.63, 3.8) is 0 Å². The number of ether oxygens (including phenoxy) is 2. The van der Waals surface area contributed by atoms with Crippen molar-refractivity contribution < 1.29 is 43.0 Å². The van der Waals surface area contributed by atoms with Crippen LogP contribution in [0.3, 0.4) is 0 Å². The van der Waals surface area contributed by atoms with Crippen molar-refractivity contribution in [2.24, 2.45) is 22.0 Å². The Bertz CT molecular complexity index is 1500. The Kier molecular flexibility index (Phi) is 28.0. The molecule has 0 rings (SSSR count). The summed E-state index contributed by atoms with van der Waals surface area (Å²) in [5.41, 5.74) is 3.92. The monoisotopic (exact) mass is 938 g/mol. The fourth-order valence-corrected chi connectivity index (χ4v) is 6.93. The van der Waals surface area contributed by atoms with E-state index < -0.39 is 47.0 Å². The number of nitrogens with two attached hydrogens (primary N) is 1. The Morgan fingerprint density at radius 2 is 0.985 bits per heavy atom. The molecule has 0 saturated carbocycles. The van der Waals surface area contributed by atoms with Gasteiger partial charge in [-0.25, -0.2) is 14.4 Å². The van der Waals surface area contributed by atoms with Gasteiger partial charge in [-0.2, -0.15) is 0 Å². The highest BCUT2D eigenvalue weighted by Crippen LogP contribution is 2.29. The van der Waals surface area contributed by atoms with Crippen molar-refractivity contribution in [3.8, 4) is 0 Å². The zero-order chi connectivity index (χ0) is 50.9. The van der Waals surface area contributed by atoms with Crippen LogP contribution in [0.2, 0.25) is 0 Å². The van der Waals surface area contributed by atoms with Crippen LogP contribution in [0.4, 0.5) is 9.59 Å². The van der Waals surface area contributed by atoms with Crippen LogP contribution in [0, 0.1) is 16.2 Å². The number of hydrogen-bond acceptors (Lipinski definition) is 10.